The van der Waals surface area contributed by atoms with Gasteiger partial charge >= 0.3 is 0 Å². The zero-order chi connectivity index (χ0) is 16.4. The third-order valence-corrected chi connectivity index (χ3v) is 6.82. The normalized spacial score (nSPS) is 16.0. The van der Waals surface area contributed by atoms with Gasteiger partial charge in [-0.3, -0.25) is 0 Å². The number of allylic oxidation sites excluding steroid dienone is 4. The molecule has 2 heteroatoms. The summed E-state index contributed by atoms with van der Waals surface area (Å²) in [4.78, 5) is 0. The Balaban J connectivity index is 2.15. The highest BCUT2D eigenvalue weighted by atomic mass is 31.1. The molecule has 3 rings (SSSR count). The summed E-state index contributed by atoms with van der Waals surface area (Å²) < 4.78 is 0. The highest BCUT2D eigenvalue weighted by molar-refractivity contribution is 7.74. The van der Waals surface area contributed by atoms with Gasteiger partial charge in [0, 0.05) is 11.0 Å². The Morgan fingerprint density at radius 1 is 0.870 bits per heavy atom. The van der Waals surface area contributed by atoms with E-state index in [0.29, 0.717) is 11.4 Å². The smallest absolute Gasteiger partial charge is 0.127 e. The summed E-state index contributed by atoms with van der Waals surface area (Å²) in [7, 11) is -0.660. The minimum Gasteiger partial charge on any atom is -0.507 e. The molecule has 1 N–H and O–H groups in total. The van der Waals surface area contributed by atoms with Crippen LogP contribution in [0.1, 0.15) is 26.3 Å². The molecule has 0 fully saturated rings. The number of phenols is 1. The second-order valence-corrected chi connectivity index (χ2v) is 9.22. The van der Waals surface area contributed by atoms with Crippen LogP contribution in [0.5, 0.6) is 5.75 Å². The Bertz CT molecular complexity index is 726. The molecular weight excluding hydrogens is 299 g/mol. The fraction of sp³-hybridized carbons (Fsp3) is 0.238. The minimum absolute atomic E-state index is 0.0703. The highest BCUT2D eigenvalue weighted by Crippen LogP contribution is 2.46. The van der Waals surface area contributed by atoms with Gasteiger partial charge in [-0.05, 0) is 24.2 Å². The first-order chi connectivity index (χ1) is 11.0. The van der Waals surface area contributed by atoms with Crippen molar-refractivity contribution in [3.63, 3.8) is 0 Å². The van der Waals surface area contributed by atoms with Gasteiger partial charge in [0.25, 0.3) is 0 Å². The maximum absolute atomic E-state index is 11.0. The van der Waals surface area contributed by atoms with Gasteiger partial charge in [0.05, 0.1) is 0 Å². The van der Waals surface area contributed by atoms with Gasteiger partial charge in [-0.2, -0.15) is 0 Å². The number of phenolic OH excluding ortho intramolecular Hbond substituents is 1. The minimum atomic E-state index is -0.660. The lowest BCUT2D eigenvalue weighted by atomic mass is 9.86. The average Bonchev–Trinajstić information content (AvgIpc) is 3.03. The molecule has 23 heavy (non-hydrogen) atoms. The summed E-state index contributed by atoms with van der Waals surface area (Å²) in [6.07, 6.45) is 8.69. The van der Waals surface area contributed by atoms with Crippen LogP contribution in [-0.4, -0.2) is 10.8 Å². The molecule has 0 spiro atoms. The average molecular weight is 322 g/mol. The van der Waals surface area contributed by atoms with Gasteiger partial charge in [0.15, 0.2) is 0 Å². The molecule has 118 valence electrons. The molecule has 0 saturated carbocycles. The first kappa shape index (κ1) is 16.0. The van der Waals surface area contributed by atoms with Gasteiger partial charge in [-0.15, -0.1) is 0 Å². The van der Waals surface area contributed by atoms with E-state index in [1.54, 1.807) is 0 Å². The van der Waals surface area contributed by atoms with Crippen LogP contribution in [0, 0.1) is 0 Å². The number of rotatable bonds is 3. The van der Waals surface area contributed by atoms with Gasteiger partial charge in [-0.25, -0.2) is 0 Å². The molecule has 0 radical (unpaired) electrons. The van der Waals surface area contributed by atoms with Crippen molar-refractivity contribution < 1.29 is 5.11 Å². The van der Waals surface area contributed by atoms with Crippen LogP contribution in [0.3, 0.4) is 0 Å². The molecule has 0 amide bonds. The van der Waals surface area contributed by atoms with E-state index in [0.717, 1.165) is 10.9 Å². The maximum atomic E-state index is 11.0. The van der Waals surface area contributed by atoms with E-state index < -0.39 is 7.92 Å². The van der Waals surface area contributed by atoms with Gasteiger partial charge < -0.3 is 5.11 Å². The van der Waals surface area contributed by atoms with Crippen LogP contribution >= 0.6 is 7.92 Å². The highest BCUT2D eigenvalue weighted by Gasteiger charge is 2.28. The molecule has 2 aromatic carbocycles. The fourth-order valence-corrected chi connectivity index (χ4v) is 5.56. The van der Waals surface area contributed by atoms with E-state index in [2.05, 4.69) is 81.5 Å². The number of aromatic hydroxyl groups is 1. The van der Waals surface area contributed by atoms with Crippen molar-refractivity contribution >= 4 is 18.5 Å². The monoisotopic (exact) mass is 322 g/mol. The Morgan fingerprint density at radius 3 is 2.13 bits per heavy atom. The molecule has 1 atom stereocenters. The van der Waals surface area contributed by atoms with Crippen LogP contribution in [0.15, 0.2) is 72.8 Å². The van der Waals surface area contributed by atoms with E-state index in [1.807, 2.05) is 12.1 Å². The van der Waals surface area contributed by atoms with E-state index >= 15 is 0 Å². The van der Waals surface area contributed by atoms with Gasteiger partial charge in [-0.1, -0.05) is 93.6 Å². The second-order valence-electron chi connectivity index (χ2n) is 6.89. The molecule has 0 bridgehead atoms. The first-order valence-corrected chi connectivity index (χ1v) is 9.41. The van der Waals surface area contributed by atoms with Crippen LogP contribution in [0.25, 0.3) is 0 Å². The first-order valence-electron chi connectivity index (χ1n) is 8.00. The summed E-state index contributed by atoms with van der Waals surface area (Å²) in [5, 5.41) is 13.4. The quantitative estimate of drug-likeness (QED) is 0.818. The van der Waals surface area contributed by atoms with Crippen LogP contribution in [0.4, 0.5) is 0 Å². The zero-order valence-electron chi connectivity index (χ0n) is 13.9. The van der Waals surface area contributed by atoms with Gasteiger partial charge in [0.2, 0.25) is 0 Å². The Hall–Kier alpha value is -1.85. The fourth-order valence-electron chi connectivity index (χ4n) is 2.98. The number of para-hydroxylation sites is 1. The Labute approximate surface area is 140 Å². The van der Waals surface area contributed by atoms with Crippen molar-refractivity contribution in [1.29, 1.82) is 0 Å². The van der Waals surface area contributed by atoms with E-state index in [9.17, 15) is 5.11 Å². The van der Waals surface area contributed by atoms with Crippen LogP contribution in [0.2, 0.25) is 0 Å². The second kappa shape index (κ2) is 6.34. The standard InChI is InChI=1S/C21H23OP/c1-21(2,3)18-14-9-15-19(20(18)22)23(17-12-7-8-13-17)16-10-5-4-6-11-16/h4-15,17,22H,1-3H3. The van der Waals surface area contributed by atoms with Crippen molar-refractivity contribution in [2.75, 3.05) is 0 Å². The predicted octanol–water partition coefficient (Wildman–Crippen LogP) is 4.62. The number of hydrogen-bond acceptors (Lipinski definition) is 1. The zero-order valence-corrected chi connectivity index (χ0v) is 14.8. The van der Waals surface area contributed by atoms with Crippen molar-refractivity contribution in [2.24, 2.45) is 0 Å². The lowest BCUT2D eigenvalue weighted by molar-refractivity contribution is 0.451. The van der Waals surface area contributed by atoms with Crippen molar-refractivity contribution in [2.45, 2.75) is 31.8 Å². The molecule has 0 aromatic heterocycles. The van der Waals surface area contributed by atoms with Gasteiger partial charge in [0.1, 0.15) is 5.75 Å². The van der Waals surface area contributed by atoms with Crippen LogP contribution in [-0.2, 0) is 5.41 Å². The lowest BCUT2D eigenvalue weighted by Crippen LogP contribution is -2.22. The molecule has 0 heterocycles. The summed E-state index contributed by atoms with van der Waals surface area (Å²) >= 11 is 0. The topological polar surface area (TPSA) is 20.2 Å². The molecule has 1 aliphatic rings. The molecule has 0 aliphatic heterocycles. The maximum Gasteiger partial charge on any atom is 0.127 e. The van der Waals surface area contributed by atoms with Crippen LogP contribution < -0.4 is 10.6 Å². The van der Waals surface area contributed by atoms with Crippen molar-refractivity contribution in [3.8, 4) is 5.75 Å². The van der Waals surface area contributed by atoms with Crippen molar-refractivity contribution in [3.05, 3.63) is 78.4 Å². The summed E-state index contributed by atoms with van der Waals surface area (Å²) in [5.74, 6) is 0.462. The number of benzene rings is 2. The van der Waals surface area contributed by atoms with E-state index in [1.165, 1.54) is 5.30 Å². The third-order valence-electron chi connectivity index (χ3n) is 4.14. The van der Waals surface area contributed by atoms with E-state index in [4.69, 9.17) is 0 Å². The van der Waals surface area contributed by atoms with Crippen molar-refractivity contribution in [1.82, 2.24) is 0 Å². The summed E-state index contributed by atoms with van der Waals surface area (Å²) in [6, 6.07) is 16.8. The molecule has 1 nitrogen and oxygen atoms in total. The summed E-state index contributed by atoms with van der Waals surface area (Å²) in [6.45, 7) is 6.43. The molecule has 1 unspecified atom stereocenters. The van der Waals surface area contributed by atoms with E-state index in [-0.39, 0.29) is 5.41 Å². The number of hydrogen-bond donors (Lipinski definition) is 1. The predicted molar refractivity (Wildman–Crippen MR) is 102 cm³/mol. The Morgan fingerprint density at radius 2 is 1.52 bits per heavy atom. The Kier molecular flexibility index (Phi) is 4.41. The third kappa shape index (κ3) is 3.26. The molecule has 1 aliphatic carbocycles. The molecule has 2 aromatic rings. The SMILES string of the molecule is CC(C)(C)c1cccc(P(c2ccccc2)C2C=CC=C2)c1O. The largest absolute Gasteiger partial charge is 0.507 e. The lowest BCUT2D eigenvalue weighted by Gasteiger charge is -2.27. The summed E-state index contributed by atoms with van der Waals surface area (Å²) in [5.41, 5.74) is 1.29. The molecule has 0 saturated heterocycles. The molecular formula is C21H23OP.